The van der Waals surface area contributed by atoms with Crippen LogP contribution in [-0.2, 0) is 16.1 Å². The average molecular weight is 330 g/mol. The van der Waals surface area contributed by atoms with Crippen molar-refractivity contribution in [2.45, 2.75) is 6.61 Å². The first-order chi connectivity index (χ1) is 11.5. The molecule has 0 aliphatic carbocycles. The van der Waals surface area contributed by atoms with Crippen molar-refractivity contribution in [3.63, 3.8) is 0 Å². The molecule has 0 heterocycles. The molecule has 0 saturated carbocycles. The van der Waals surface area contributed by atoms with Gasteiger partial charge in [0.05, 0.1) is 14.2 Å². The van der Waals surface area contributed by atoms with Gasteiger partial charge in [0.15, 0.2) is 23.0 Å². The van der Waals surface area contributed by atoms with Crippen molar-refractivity contribution in [1.82, 2.24) is 0 Å². The number of ether oxygens (including phenoxy) is 3. The summed E-state index contributed by atoms with van der Waals surface area (Å²) < 4.78 is 15.1. The predicted octanol–water partition coefficient (Wildman–Crippen LogP) is 2.87. The molecule has 0 aliphatic heterocycles. The highest BCUT2D eigenvalue weighted by atomic mass is 16.5. The molecule has 0 aliphatic rings. The zero-order chi connectivity index (χ0) is 17.5. The lowest BCUT2D eigenvalue weighted by Gasteiger charge is -2.07. The van der Waals surface area contributed by atoms with Gasteiger partial charge in [-0.3, -0.25) is 0 Å². The number of carbonyl (C=O) groups is 1. The first-order valence-electron chi connectivity index (χ1n) is 7.11. The first-order valence-corrected chi connectivity index (χ1v) is 7.11. The minimum Gasteiger partial charge on any atom is -0.504 e. The number of aromatic hydroxyl groups is 2. The van der Waals surface area contributed by atoms with Crippen molar-refractivity contribution in [2.24, 2.45) is 0 Å². The van der Waals surface area contributed by atoms with Crippen LogP contribution in [0.25, 0.3) is 6.08 Å². The Kier molecular flexibility index (Phi) is 5.68. The number of phenolic OH excluding ortho intramolecular Hbond substituents is 2. The zero-order valence-electron chi connectivity index (χ0n) is 13.4. The monoisotopic (exact) mass is 330 g/mol. The van der Waals surface area contributed by atoms with Crippen LogP contribution in [0.2, 0.25) is 0 Å². The Labute approximate surface area is 139 Å². The number of hydrogen-bond acceptors (Lipinski definition) is 6. The molecule has 0 aromatic heterocycles. The molecule has 6 heteroatoms. The van der Waals surface area contributed by atoms with Gasteiger partial charge in [0.1, 0.15) is 6.61 Å². The summed E-state index contributed by atoms with van der Waals surface area (Å²) >= 11 is 0. The maximum absolute atomic E-state index is 11.8. The fourth-order valence-corrected chi connectivity index (χ4v) is 1.98. The van der Waals surface area contributed by atoms with Gasteiger partial charge in [-0.05, 0) is 41.5 Å². The lowest BCUT2D eigenvalue weighted by atomic mass is 10.2. The lowest BCUT2D eigenvalue weighted by molar-refractivity contribution is -0.138. The molecular weight excluding hydrogens is 312 g/mol. The minimum absolute atomic E-state index is 0.0220. The Bertz CT molecular complexity index is 751. The van der Waals surface area contributed by atoms with Crippen LogP contribution in [0.5, 0.6) is 23.0 Å². The first kappa shape index (κ1) is 17.2. The third-order valence-electron chi connectivity index (χ3n) is 3.24. The highest BCUT2D eigenvalue weighted by Gasteiger charge is 2.05. The summed E-state index contributed by atoms with van der Waals surface area (Å²) in [5.74, 6) is 0.165. The summed E-state index contributed by atoms with van der Waals surface area (Å²) in [6.45, 7) is 0.0543. The molecule has 0 atom stereocenters. The van der Waals surface area contributed by atoms with Crippen molar-refractivity contribution in [1.29, 1.82) is 0 Å². The van der Waals surface area contributed by atoms with E-state index in [-0.39, 0.29) is 18.1 Å². The van der Waals surface area contributed by atoms with E-state index in [1.54, 1.807) is 30.3 Å². The number of methoxy groups -OCH3 is 2. The minimum atomic E-state index is -0.519. The van der Waals surface area contributed by atoms with Crippen molar-refractivity contribution in [2.75, 3.05) is 14.2 Å². The van der Waals surface area contributed by atoms with E-state index in [0.717, 1.165) is 0 Å². The summed E-state index contributed by atoms with van der Waals surface area (Å²) in [7, 11) is 2.89. The summed E-state index contributed by atoms with van der Waals surface area (Å²) in [4.78, 5) is 11.8. The Balaban J connectivity index is 1.96. The molecule has 126 valence electrons. The van der Waals surface area contributed by atoms with E-state index in [1.807, 2.05) is 0 Å². The number of esters is 1. The van der Waals surface area contributed by atoms with Crippen molar-refractivity contribution in [3.05, 3.63) is 53.6 Å². The second-order valence-corrected chi connectivity index (χ2v) is 4.88. The van der Waals surface area contributed by atoms with E-state index >= 15 is 0 Å². The highest BCUT2D eigenvalue weighted by Crippen LogP contribution is 2.27. The van der Waals surface area contributed by atoms with Gasteiger partial charge in [-0.2, -0.15) is 0 Å². The molecule has 2 N–H and O–H groups in total. The highest BCUT2D eigenvalue weighted by molar-refractivity contribution is 5.87. The molecule has 2 rings (SSSR count). The summed E-state index contributed by atoms with van der Waals surface area (Å²) in [6, 6.07) is 9.43. The molecule has 0 saturated heterocycles. The number of phenols is 2. The molecule has 0 amide bonds. The van der Waals surface area contributed by atoms with Crippen LogP contribution in [0.1, 0.15) is 11.1 Å². The molecule has 0 fully saturated rings. The molecular formula is C18H18O6. The van der Waals surface area contributed by atoms with Gasteiger partial charge >= 0.3 is 5.97 Å². The molecule has 2 aromatic carbocycles. The summed E-state index contributed by atoms with van der Waals surface area (Å²) in [6.07, 6.45) is 2.84. The average Bonchev–Trinajstić information content (AvgIpc) is 2.60. The van der Waals surface area contributed by atoms with Gasteiger partial charge in [-0.15, -0.1) is 0 Å². The van der Waals surface area contributed by atoms with Crippen LogP contribution >= 0.6 is 0 Å². The maximum atomic E-state index is 11.8. The van der Waals surface area contributed by atoms with Gasteiger partial charge in [0.25, 0.3) is 0 Å². The quantitative estimate of drug-likeness (QED) is 0.626. The van der Waals surface area contributed by atoms with Crippen LogP contribution < -0.4 is 9.47 Å². The second kappa shape index (κ2) is 7.92. The van der Waals surface area contributed by atoms with E-state index in [4.69, 9.17) is 14.2 Å². The standard InChI is InChI=1S/C18H18O6/c1-22-16-9-12(3-6-14(16)19)5-8-18(21)24-11-13-4-7-15(20)17(10-13)23-2/h3-10,19-20H,11H2,1-2H3. The van der Waals surface area contributed by atoms with Crippen LogP contribution in [-0.4, -0.2) is 30.4 Å². The van der Waals surface area contributed by atoms with Crippen molar-refractivity contribution in [3.8, 4) is 23.0 Å². The summed E-state index contributed by atoms with van der Waals surface area (Å²) in [5, 5.41) is 19.0. The second-order valence-electron chi connectivity index (χ2n) is 4.88. The Morgan fingerprint density at radius 2 is 1.62 bits per heavy atom. The molecule has 0 unspecified atom stereocenters. The lowest BCUT2D eigenvalue weighted by Crippen LogP contribution is -2.01. The molecule has 0 radical (unpaired) electrons. The third-order valence-corrected chi connectivity index (χ3v) is 3.24. The van der Waals surface area contributed by atoms with Crippen LogP contribution in [0.3, 0.4) is 0 Å². The van der Waals surface area contributed by atoms with E-state index in [1.165, 1.54) is 32.4 Å². The van der Waals surface area contributed by atoms with E-state index in [2.05, 4.69) is 0 Å². The molecule has 2 aromatic rings. The van der Waals surface area contributed by atoms with Crippen LogP contribution in [0.15, 0.2) is 42.5 Å². The number of hydrogen-bond donors (Lipinski definition) is 2. The Morgan fingerprint density at radius 3 is 2.29 bits per heavy atom. The maximum Gasteiger partial charge on any atom is 0.331 e. The van der Waals surface area contributed by atoms with Gasteiger partial charge in [0, 0.05) is 6.08 Å². The molecule has 0 bridgehead atoms. The Hall–Kier alpha value is -3.15. The Morgan fingerprint density at radius 1 is 1.00 bits per heavy atom. The van der Waals surface area contributed by atoms with Crippen LogP contribution in [0, 0.1) is 0 Å². The fraction of sp³-hybridized carbons (Fsp3) is 0.167. The fourth-order valence-electron chi connectivity index (χ4n) is 1.98. The predicted molar refractivity (Wildman–Crippen MR) is 88.1 cm³/mol. The van der Waals surface area contributed by atoms with E-state index in [9.17, 15) is 15.0 Å². The summed E-state index contributed by atoms with van der Waals surface area (Å²) in [5.41, 5.74) is 1.38. The normalized spacial score (nSPS) is 10.6. The largest absolute Gasteiger partial charge is 0.504 e. The number of rotatable bonds is 6. The van der Waals surface area contributed by atoms with Gasteiger partial charge in [-0.1, -0.05) is 12.1 Å². The van der Waals surface area contributed by atoms with Gasteiger partial charge < -0.3 is 24.4 Å². The van der Waals surface area contributed by atoms with Gasteiger partial charge in [0.2, 0.25) is 0 Å². The molecule has 24 heavy (non-hydrogen) atoms. The van der Waals surface area contributed by atoms with E-state index < -0.39 is 5.97 Å². The van der Waals surface area contributed by atoms with Crippen molar-refractivity contribution < 1.29 is 29.2 Å². The third kappa shape index (κ3) is 4.42. The zero-order valence-corrected chi connectivity index (χ0v) is 13.4. The molecule has 6 nitrogen and oxygen atoms in total. The van der Waals surface area contributed by atoms with Crippen molar-refractivity contribution >= 4 is 12.0 Å². The van der Waals surface area contributed by atoms with E-state index in [0.29, 0.717) is 22.6 Å². The smallest absolute Gasteiger partial charge is 0.331 e. The number of benzene rings is 2. The molecule has 0 spiro atoms. The van der Waals surface area contributed by atoms with Crippen LogP contribution in [0.4, 0.5) is 0 Å². The van der Waals surface area contributed by atoms with Gasteiger partial charge in [-0.25, -0.2) is 4.79 Å². The SMILES string of the molecule is COc1cc(C=CC(=O)OCc2ccc(O)c(OC)c2)ccc1O. The number of carbonyl (C=O) groups excluding carboxylic acids is 1. The topological polar surface area (TPSA) is 85.2 Å².